The molecule has 0 aliphatic carbocycles. The van der Waals surface area contributed by atoms with E-state index in [0.29, 0.717) is 33.4 Å². The van der Waals surface area contributed by atoms with Crippen molar-refractivity contribution < 1.29 is 5.11 Å². The van der Waals surface area contributed by atoms with E-state index in [9.17, 15) is 5.11 Å². The number of benzene rings is 2. The van der Waals surface area contributed by atoms with Crippen LogP contribution in [0.25, 0.3) is 33.8 Å². The van der Waals surface area contributed by atoms with Gasteiger partial charge in [0, 0.05) is 12.6 Å². The lowest BCUT2D eigenvalue weighted by Gasteiger charge is -1.98. The Balaban J connectivity index is 1.90. The van der Waals surface area contributed by atoms with Gasteiger partial charge in [-0.05, 0) is 12.1 Å². The largest absolute Gasteiger partial charge is 0.504 e. The number of aryl methyl sites for hydroxylation is 1. The molecule has 0 radical (unpaired) electrons. The molecule has 6 nitrogen and oxygen atoms in total. The van der Waals surface area contributed by atoms with Gasteiger partial charge in [0.25, 0.3) is 0 Å². The zero-order valence-electron chi connectivity index (χ0n) is 12.8. The number of H-pyrrole nitrogens is 1. The zero-order chi connectivity index (χ0) is 16.8. The smallest absolute Gasteiger partial charge is 0.173 e. The number of aromatic nitrogens is 4. The zero-order valence-corrected chi connectivity index (χ0v) is 13.5. The van der Waals surface area contributed by atoms with E-state index in [1.54, 1.807) is 23.9 Å². The Morgan fingerprint density at radius 2 is 1.96 bits per heavy atom. The molecule has 0 saturated carbocycles. The monoisotopic (exact) mass is 339 g/mol. The highest BCUT2D eigenvalue weighted by Gasteiger charge is 2.21. The quantitative estimate of drug-likeness (QED) is 0.487. The van der Waals surface area contributed by atoms with Crippen molar-refractivity contribution in [2.45, 2.75) is 0 Å². The van der Waals surface area contributed by atoms with Crippen LogP contribution in [-0.4, -0.2) is 24.9 Å². The minimum absolute atomic E-state index is 0.0711. The first-order valence-electron chi connectivity index (χ1n) is 7.31. The number of aromatic hydroxyl groups is 1. The highest BCUT2D eigenvalue weighted by molar-refractivity contribution is 6.33. The lowest BCUT2D eigenvalue weighted by molar-refractivity contribution is 0.478. The van der Waals surface area contributed by atoms with Crippen LogP contribution < -0.4 is 5.73 Å². The minimum atomic E-state index is 0.0711. The Morgan fingerprint density at radius 1 is 1.21 bits per heavy atom. The number of nitrogen functional groups attached to an aromatic ring is 1. The summed E-state index contributed by atoms with van der Waals surface area (Å²) in [6.07, 6.45) is 0. The van der Waals surface area contributed by atoms with Gasteiger partial charge in [-0.25, -0.2) is 4.98 Å². The summed E-state index contributed by atoms with van der Waals surface area (Å²) in [6.45, 7) is 0. The molecular formula is C17H14ClN5O. The number of nitrogens with two attached hydrogens (primary N) is 1. The second-order valence-corrected chi connectivity index (χ2v) is 5.92. The molecule has 2 aromatic carbocycles. The molecule has 0 fully saturated rings. The van der Waals surface area contributed by atoms with Crippen molar-refractivity contribution in [1.29, 1.82) is 0 Å². The molecule has 7 heteroatoms. The number of hydrogen-bond acceptors (Lipinski definition) is 4. The number of nitrogens with one attached hydrogen (secondary N) is 1. The molecule has 24 heavy (non-hydrogen) atoms. The van der Waals surface area contributed by atoms with Gasteiger partial charge in [-0.2, -0.15) is 5.10 Å². The van der Waals surface area contributed by atoms with E-state index < -0.39 is 0 Å². The summed E-state index contributed by atoms with van der Waals surface area (Å²) in [6, 6.07) is 12.9. The van der Waals surface area contributed by atoms with Crippen LogP contribution in [0.3, 0.4) is 0 Å². The van der Waals surface area contributed by atoms with Gasteiger partial charge >= 0.3 is 0 Å². The number of hydrogen-bond donors (Lipinski definition) is 3. The SMILES string of the molecule is Cn1nc(-c2ccccc2)c(O)c1-c1nc2cc(N)c(Cl)cc2[nH]1. The van der Waals surface area contributed by atoms with Gasteiger partial charge in [0.05, 0.1) is 21.7 Å². The standard InChI is InChI=1S/C17H14ClN5O/c1-23-15(16(24)14(22-23)9-5-3-2-4-6-9)17-20-12-7-10(18)11(19)8-13(12)21-17/h2-8,24H,19H2,1H3,(H,20,21). The number of anilines is 1. The molecule has 0 aliphatic rings. The Morgan fingerprint density at radius 3 is 2.71 bits per heavy atom. The first kappa shape index (κ1) is 14.6. The molecule has 120 valence electrons. The van der Waals surface area contributed by atoms with Gasteiger partial charge in [-0.1, -0.05) is 41.9 Å². The Labute approximate surface area is 142 Å². The maximum Gasteiger partial charge on any atom is 0.173 e. The molecule has 4 rings (SSSR count). The lowest BCUT2D eigenvalue weighted by Crippen LogP contribution is -1.95. The molecule has 0 spiro atoms. The highest BCUT2D eigenvalue weighted by Crippen LogP contribution is 2.37. The normalized spacial score (nSPS) is 11.2. The van der Waals surface area contributed by atoms with E-state index >= 15 is 0 Å². The van der Waals surface area contributed by atoms with Gasteiger partial charge < -0.3 is 15.8 Å². The average Bonchev–Trinajstić information content (AvgIpc) is 3.09. The number of nitrogens with zero attached hydrogens (tertiary/aromatic N) is 3. The number of imidazole rings is 1. The minimum Gasteiger partial charge on any atom is -0.504 e. The number of halogens is 1. The molecule has 4 aromatic rings. The summed E-state index contributed by atoms with van der Waals surface area (Å²) in [4.78, 5) is 7.65. The molecule has 0 saturated heterocycles. The van der Waals surface area contributed by atoms with Crippen LogP contribution in [0.2, 0.25) is 5.02 Å². The van der Waals surface area contributed by atoms with Crippen LogP contribution in [-0.2, 0) is 7.05 Å². The van der Waals surface area contributed by atoms with E-state index in [1.807, 2.05) is 30.3 Å². The van der Waals surface area contributed by atoms with Crippen molar-refractivity contribution in [3.63, 3.8) is 0 Å². The Bertz CT molecular complexity index is 1010. The second-order valence-electron chi connectivity index (χ2n) is 5.51. The van der Waals surface area contributed by atoms with Crippen molar-refractivity contribution in [3.8, 4) is 28.5 Å². The highest BCUT2D eigenvalue weighted by atomic mass is 35.5. The maximum absolute atomic E-state index is 10.7. The van der Waals surface area contributed by atoms with E-state index in [2.05, 4.69) is 15.1 Å². The molecule has 0 unspecified atom stereocenters. The van der Waals surface area contributed by atoms with Gasteiger partial charge in [-0.15, -0.1) is 0 Å². The van der Waals surface area contributed by atoms with Crippen molar-refractivity contribution in [2.24, 2.45) is 7.05 Å². The summed E-state index contributed by atoms with van der Waals surface area (Å²) in [5.41, 5.74) is 9.54. The second kappa shape index (κ2) is 5.28. The van der Waals surface area contributed by atoms with Crippen LogP contribution in [0.1, 0.15) is 0 Å². The molecule has 0 aliphatic heterocycles. The summed E-state index contributed by atoms with van der Waals surface area (Å²) < 4.78 is 1.60. The number of rotatable bonds is 2. The molecule has 4 N–H and O–H groups in total. The Kier molecular flexibility index (Phi) is 3.21. The van der Waals surface area contributed by atoms with Gasteiger partial charge in [0.2, 0.25) is 0 Å². The molecule has 0 atom stereocenters. The molecule has 0 amide bonds. The fraction of sp³-hybridized carbons (Fsp3) is 0.0588. The first-order chi connectivity index (χ1) is 11.5. The van der Waals surface area contributed by atoms with Gasteiger partial charge in [0.15, 0.2) is 11.6 Å². The van der Waals surface area contributed by atoms with Gasteiger partial charge in [-0.3, -0.25) is 4.68 Å². The molecule has 2 heterocycles. The third kappa shape index (κ3) is 2.19. The third-order valence-corrected chi connectivity index (χ3v) is 4.22. The van der Waals surface area contributed by atoms with Crippen molar-refractivity contribution in [1.82, 2.24) is 19.7 Å². The summed E-state index contributed by atoms with van der Waals surface area (Å²) in [7, 11) is 1.76. The van der Waals surface area contributed by atoms with E-state index in [0.717, 1.165) is 11.1 Å². The first-order valence-corrected chi connectivity index (χ1v) is 7.69. The average molecular weight is 340 g/mol. The van der Waals surface area contributed by atoms with Gasteiger partial charge in [0.1, 0.15) is 11.4 Å². The van der Waals surface area contributed by atoms with Crippen molar-refractivity contribution in [3.05, 3.63) is 47.5 Å². The molecule has 2 aromatic heterocycles. The van der Waals surface area contributed by atoms with Crippen LogP contribution in [0.15, 0.2) is 42.5 Å². The predicted octanol–water partition coefficient (Wildman–Crippen LogP) is 3.57. The third-order valence-electron chi connectivity index (χ3n) is 3.89. The van der Waals surface area contributed by atoms with Crippen LogP contribution in [0.4, 0.5) is 5.69 Å². The van der Waals surface area contributed by atoms with Crippen molar-refractivity contribution >= 4 is 28.3 Å². The van der Waals surface area contributed by atoms with Crippen LogP contribution in [0, 0.1) is 0 Å². The summed E-state index contributed by atoms with van der Waals surface area (Å²) in [5, 5.41) is 15.5. The number of fused-ring (bicyclic) bond motifs is 1. The molecule has 0 bridgehead atoms. The van der Waals surface area contributed by atoms with Crippen molar-refractivity contribution in [2.75, 3.05) is 5.73 Å². The van der Waals surface area contributed by atoms with Crippen LogP contribution >= 0.6 is 11.6 Å². The predicted molar refractivity (Wildman–Crippen MR) is 94.8 cm³/mol. The summed E-state index contributed by atoms with van der Waals surface area (Å²) in [5.74, 6) is 0.572. The van der Waals surface area contributed by atoms with E-state index in [4.69, 9.17) is 17.3 Å². The molecular weight excluding hydrogens is 326 g/mol. The fourth-order valence-corrected chi connectivity index (χ4v) is 2.89. The maximum atomic E-state index is 10.7. The number of aromatic amines is 1. The van der Waals surface area contributed by atoms with E-state index in [1.165, 1.54) is 0 Å². The fourth-order valence-electron chi connectivity index (χ4n) is 2.73. The van der Waals surface area contributed by atoms with Crippen LogP contribution in [0.5, 0.6) is 5.75 Å². The lowest BCUT2D eigenvalue weighted by atomic mass is 10.1. The topological polar surface area (TPSA) is 92.8 Å². The van der Waals surface area contributed by atoms with E-state index in [-0.39, 0.29) is 5.75 Å². The summed E-state index contributed by atoms with van der Waals surface area (Å²) >= 11 is 6.05. The Hall–Kier alpha value is -2.99.